The summed E-state index contributed by atoms with van der Waals surface area (Å²) in [5, 5.41) is 13.4. The summed E-state index contributed by atoms with van der Waals surface area (Å²) in [6.45, 7) is 3.82. The van der Waals surface area contributed by atoms with Gasteiger partial charge >= 0.3 is 5.97 Å². The molecule has 5 heteroatoms. The molecule has 0 radical (unpaired) electrons. The number of carboxylic acids is 1. The molecule has 1 fully saturated rings. The molecule has 0 spiro atoms. The molecule has 1 saturated heterocycles. The minimum Gasteiger partial charge on any atom is -0.478 e. The smallest absolute Gasteiger partial charge is 0.335 e. The van der Waals surface area contributed by atoms with Gasteiger partial charge in [-0.15, -0.1) is 0 Å². The maximum absolute atomic E-state index is 11.1. The van der Waals surface area contributed by atoms with Crippen molar-refractivity contribution in [2.24, 2.45) is 0 Å². The van der Waals surface area contributed by atoms with Gasteiger partial charge in [0.1, 0.15) is 0 Å². The second-order valence-electron chi connectivity index (χ2n) is 7.47. The molecule has 1 aliphatic heterocycles. The van der Waals surface area contributed by atoms with Crippen molar-refractivity contribution < 1.29 is 9.90 Å². The van der Waals surface area contributed by atoms with Gasteiger partial charge in [-0.3, -0.25) is 9.58 Å². The van der Waals surface area contributed by atoms with Crippen molar-refractivity contribution in [2.45, 2.75) is 31.8 Å². The third-order valence-electron chi connectivity index (χ3n) is 5.54. The Balaban J connectivity index is 1.45. The van der Waals surface area contributed by atoms with Crippen LogP contribution in [0.3, 0.4) is 0 Å². The molecule has 2 aromatic carbocycles. The van der Waals surface area contributed by atoms with Crippen molar-refractivity contribution in [2.75, 3.05) is 13.1 Å². The molecule has 0 unspecified atom stereocenters. The molecule has 4 rings (SSSR count). The Morgan fingerprint density at radius 1 is 1.04 bits per heavy atom. The van der Waals surface area contributed by atoms with Crippen molar-refractivity contribution in [3.8, 4) is 0 Å². The maximum atomic E-state index is 11.1. The van der Waals surface area contributed by atoms with Gasteiger partial charge < -0.3 is 5.11 Å². The standard InChI is InChI=1S/C23H25N3O2/c27-23(28)19-10-8-18(9-11-19)20-7-3-13-25(15-20)16-21-5-1-2-6-22(21)17-26-14-4-12-24-26/h1-2,4-6,8-12,14,20H,3,7,13,15-17H2,(H,27,28)/t20-/m0/s1. The molecule has 28 heavy (non-hydrogen) atoms. The van der Waals surface area contributed by atoms with Crippen LogP contribution in [0.4, 0.5) is 0 Å². The number of likely N-dealkylation sites (tertiary alicyclic amines) is 1. The summed E-state index contributed by atoms with van der Waals surface area (Å²) in [5.41, 5.74) is 4.24. The molecule has 3 aromatic rings. The van der Waals surface area contributed by atoms with Crippen LogP contribution in [0.25, 0.3) is 0 Å². The zero-order valence-corrected chi connectivity index (χ0v) is 15.9. The molecular weight excluding hydrogens is 350 g/mol. The summed E-state index contributed by atoms with van der Waals surface area (Å²) < 4.78 is 1.96. The van der Waals surface area contributed by atoms with E-state index in [9.17, 15) is 4.79 Å². The number of hydrogen-bond acceptors (Lipinski definition) is 3. The van der Waals surface area contributed by atoms with Crippen molar-refractivity contribution in [1.82, 2.24) is 14.7 Å². The molecule has 0 bridgehead atoms. The fraction of sp³-hybridized carbons (Fsp3) is 0.304. The first-order chi connectivity index (χ1) is 13.7. The van der Waals surface area contributed by atoms with Crippen LogP contribution in [-0.4, -0.2) is 38.8 Å². The number of nitrogens with zero attached hydrogens (tertiary/aromatic N) is 3. The lowest BCUT2D eigenvalue weighted by Crippen LogP contribution is -2.34. The van der Waals surface area contributed by atoms with Gasteiger partial charge in [-0.25, -0.2) is 4.79 Å². The van der Waals surface area contributed by atoms with Gasteiger partial charge in [0.05, 0.1) is 12.1 Å². The molecule has 1 aliphatic rings. The Kier molecular flexibility index (Phi) is 5.53. The van der Waals surface area contributed by atoms with E-state index in [1.54, 1.807) is 12.1 Å². The van der Waals surface area contributed by atoms with Crippen molar-refractivity contribution in [1.29, 1.82) is 0 Å². The summed E-state index contributed by atoms with van der Waals surface area (Å²) in [6.07, 6.45) is 6.12. The van der Waals surface area contributed by atoms with Crippen LogP contribution in [0.15, 0.2) is 67.0 Å². The Labute approximate surface area is 165 Å². The highest BCUT2D eigenvalue weighted by Crippen LogP contribution is 2.28. The van der Waals surface area contributed by atoms with Crippen LogP contribution >= 0.6 is 0 Å². The number of aromatic nitrogens is 2. The first kappa shape index (κ1) is 18.4. The van der Waals surface area contributed by atoms with Crippen LogP contribution in [0.5, 0.6) is 0 Å². The number of carbonyl (C=O) groups is 1. The summed E-state index contributed by atoms with van der Waals surface area (Å²) in [6, 6.07) is 17.9. The number of hydrogen-bond donors (Lipinski definition) is 1. The highest BCUT2D eigenvalue weighted by atomic mass is 16.4. The van der Waals surface area contributed by atoms with Gasteiger partial charge in [-0.2, -0.15) is 5.10 Å². The van der Waals surface area contributed by atoms with E-state index >= 15 is 0 Å². The highest BCUT2D eigenvalue weighted by molar-refractivity contribution is 5.87. The number of carboxylic acid groups (broad SMARTS) is 1. The molecule has 5 nitrogen and oxygen atoms in total. The van der Waals surface area contributed by atoms with E-state index in [-0.39, 0.29) is 0 Å². The third kappa shape index (κ3) is 4.31. The van der Waals surface area contributed by atoms with Gasteiger partial charge in [0.2, 0.25) is 0 Å². The van der Waals surface area contributed by atoms with E-state index < -0.39 is 5.97 Å². The fourth-order valence-corrected chi connectivity index (χ4v) is 4.04. The molecule has 1 aromatic heterocycles. The summed E-state index contributed by atoms with van der Waals surface area (Å²) in [7, 11) is 0. The molecular formula is C23H25N3O2. The maximum Gasteiger partial charge on any atom is 0.335 e. The first-order valence-electron chi connectivity index (χ1n) is 9.79. The monoisotopic (exact) mass is 375 g/mol. The van der Waals surface area contributed by atoms with Crippen LogP contribution < -0.4 is 0 Å². The zero-order chi connectivity index (χ0) is 19.3. The minimum atomic E-state index is -0.870. The average Bonchev–Trinajstić information content (AvgIpc) is 3.23. The lowest BCUT2D eigenvalue weighted by Gasteiger charge is -2.33. The minimum absolute atomic E-state index is 0.351. The second kappa shape index (κ2) is 8.40. The Bertz CT molecular complexity index is 919. The summed E-state index contributed by atoms with van der Waals surface area (Å²) >= 11 is 0. The topological polar surface area (TPSA) is 58.4 Å². The Morgan fingerprint density at radius 3 is 2.46 bits per heavy atom. The first-order valence-corrected chi connectivity index (χ1v) is 9.79. The number of benzene rings is 2. The highest BCUT2D eigenvalue weighted by Gasteiger charge is 2.22. The van der Waals surface area contributed by atoms with Crippen LogP contribution in [0, 0.1) is 0 Å². The summed E-state index contributed by atoms with van der Waals surface area (Å²) in [4.78, 5) is 13.6. The molecule has 144 valence electrons. The molecule has 2 heterocycles. The SMILES string of the molecule is O=C(O)c1ccc([C@H]2CCCN(Cc3ccccc3Cn3cccn3)C2)cc1. The lowest BCUT2D eigenvalue weighted by atomic mass is 9.89. The van der Waals surface area contributed by atoms with E-state index in [0.29, 0.717) is 11.5 Å². The zero-order valence-electron chi connectivity index (χ0n) is 15.9. The largest absolute Gasteiger partial charge is 0.478 e. The third-order valence-corrected chi connectivity index (χ3v) is 5.54. The molecule has 0 saturated carbocycles. The van der Waals surface area contributed by atoms with Crippen molar-refractivity contribution in [3.63, 3.8) is 0 Å². The van der Waals surface area contributed by atoms with E-state index in [2.05, 4.69) is 34.3 Å². The van der Waals surface area contributed by atoms with Gasteiger partial charge in [0.25, 0.3) is 0 Å². The lowest BCUT2D eigenvalue weighted by molar-refractivity contribution is 0.0697. The normalized spacial score (nSPS) is 17.5. The van der Waals surface area contributed by atoms with Gasteiger partial charge in [-0.05, 0) is 60.2 Å². The van der Waals surface area contributed by atoms with Crippen molar-refractivity contribution >= 4 is 5.97 Å². The van der Waals surface area contributed by atoms with Crippen LogP contribution in [0.1, 0.15) is 45.8 Å². The predicted octanol–water partition coefficient (Wildman–Crippen LogP) is 4.01. The molecule has 0 aliphatic carbocycles. The Hall–Kier alpha value is -2.92. The summed E-state index contributed by atoms with van der Waals surface area (Å²) in [5.74, 6) is -0.416. The van der Waals surface area contributed by atoms with Gasteiger partial charge in [-0.1, -0.05) is 36.4 Å². The number of rotatable bonds is 6. The Morgan fingerprint density at radius 2 is 1.79 bits per heavy atom. The van der Waals surface area contributed by atoms with Crippen LogP contribution in [-0.2, 0) is 13.1 Å². The second-order valence-corrected chi connectivity index (χ2v) is 7.47. The van der Waals surface area contributed by atoms with Crippen molar-refractivity contribution in [3.05, 3.63) is 89.2 Å². The number of piperidine rings is 1. The average molecular weight is 375 g/mol. The molecule has 0 amide bonds. The molecule has 1 N–H and O–H groups in total. The predicted molar refractivity (Wildman–Crippen MR) is 108 cm³/mol. The van der Waals surface area contributed by atoms with E-state index in [4.69, 9.17) is 5.11 Å². The fourth-order valence-electron chi connectivity index (χ4n) is 4.04. The van der Waals surface area contributed by atoms with Gasteiger partial charge in [0.15, 0.2) is 0 Å². The molecule has 1 atom stereocenters. The van der Waals surface area contributed by atoms with E-state index in [1.165, 1.54) is 16.7 Å². The van der Waals surface area contributed by atoms with Crippen LogP contribution in [0.2, 0.25) is 0 Å². The van der Waals surface area contributed by atoms with E-state index in [0.717, 1.165) is 39.0 Å². The quantitative estimate of drug-likeness (QED) is 0.707. The van der Waals surface area contributed by atoms with E-state index in [1.807, 2.05) is 35.3 Å². The number of aromatic carboxylic acids is 1. The van der Waals surface area contributed by atoms with Gasteiger partial charge in [0, 0.05) is 25.5 Å².